The summed E-state index contributed by atoms with van der Waals surface area (Å²) in [5, 5.41) is 15.6. The number of ether oxygens (including phenoxy) is 1. The monoisotopic (exact) mass is 557 g/mol. The quantitative estimate of drug-likeness (QED) is 0.123. The van der Waals surface area contributed by atoms with Gasteiger partial charge in [-0.25, -0.2) is 0 Å². The van der Waals surface area contributed by atoms with E-state index in [9.17, 15) is 5.11 Å². The molecule has 0 saturated heterocycles. The molecular formula is C34H42O3PSi+. The Hall–Kier alpha value is -2.91. The number of phenols is 1. The lowest BCUT2D eigenvalue weighted by atomic mass is 10.2. The third-order valence-electron chi connectivity index (χ3n) is 7.28. The molecule has 0 unspecified atom stereocenters. The average Bonchev–Trinajstić information content (AvgIpc) is 2.91. The summed E-state index contributed by atoms with van der Waals surface area (Å²) in [6.45, 7) is 14.3. The van der Waals surface area contributed by atoms with Gasteiger partial charge in [0.15, 0.2) is 19.4 Å². The fourth-order valence-corrected chi connectivity index (χ4v) is 11.4. The van der Waals surface area contributed by atoms with Crippen molar-refractivity contribution in [2.75, 3.05) is 13.2 Å². The van der Waals surface area contributed by atoms with Gasteiger partial charge in [0.05, 0.1) is 6.61 Å². The van der Waals surface area contributed by atoms with Crippen molar-refractivity contribution in [3.8, 4) is 11.5 Å². The normalized spacial score (nSPS) is 11.9. The van der Waals surface area contributed by atoms with Crippen LogP contribution in [0.3, 0.4) is 0 Å². The molecule has 0 aromatic heterocycles. The maximum Gasteiger partial charge on any atom is 0.186 e. The minimum Gasteiger partial charge on any atom is -0.508 e. The summed E-state index contributed by atoms with van der Waals surface area (Å²) in [5.41, 5.74) is 3.66. The zero-order chi connectivity index (χ0) is 28.0. The van der Waals surface area contributed by atoms with Crippen LogP contribution in [-0.4, -0.2) is 26.6 Å². The van der Waals surface area contributed by atoms with E-state index in [1.807, 2.05) is 12.1 Å². The summed E-state index contributed by atoms with van der Waals surface area (Å²) in [6, 6.07) is 33.3. The molecular weight excluding hydrogens is 515 g/mol. The van der Waals surface area contributed by atoms with E-state index in [1.54, 1.807) is 6.07 Å². The summed E-state index contributed by atoms with van der Waals surface area (Å²) >= 11 is 0. The topological polar surface area (TPSA) is 38.7 Å². The number of benzene rings is 4. The molecule has 0 bridgehead atoms. The molecule has 0 spiro atoms. The SMILES string of the molecule is CCO[Si](C)(C)CCCOc1ccc(O)cc1[P+](c1ccc(C)cc1)(c1ccc(C)cc1)c1ccc(C)cc1. The van der Waals surface area contributed by atoms with E-state index in [0.29, 0.717) is 6.61 Å². The second kappa shape index (κ2) is 12.5. The first-order valence-corrected chi connectivity index (χ1v) is 18.8. The zero-order valence-corrected chi connectivity index (χ0v) is 26.1. The van der Waals surface area contributed by atoms with Crippen LogP contribution >= 0.6 is 7.26 Å². The van der Waals surface area contributed by atoms with E-state index >= 15 is 0 Å². The predicted octanol–water partition coefficient (Wildman–Crippen LogP) is 6.95. The van der Waals surface area contributed by atoms with Crippen molar-refractivity contribution >= 4 is 36.8 Å². The van der Waals surface area contributed by atoms with Gasteiger partial charge in [-0.2, -0.15) is 0 Å². The lowest BCUT2D eigenvalue weighted by Gasteiger charge is -2.29. The number of phenolic OH excluding ortho intramolecular Hbond substituents is 1. The average molecular weight is 558 g/mol. The first-order valence-electron chi connectivity index (χ1n) is 13.9. The van der Waals surface area contributed by atoms with Crippen LogP contribution in [0.4, 0.5) is 0 Å². The summed E-state index contributed by atoms with van der Waals surface area (Å²) in [7, 11) is -4.11. The van der Waals surface area contributed by atoms with Gasteiger partial charge in [-0.05, 0) is 102 Å². The highest BCUT2D eigenvalue weighted by atomic mass is 31.2. The van der Waals surface area contributed by atoms with Gasteiger partial charge in [0.25, 0.3) is 0 Å². The van der Waals surface area contributed by atoms with Gasteiger partial charge in [0.1, 0.15) is 28.9 Å². The van der Waals surface area contributed by atoms with Gasteiger partial charge in [-0.3, -0.25) is 0 Å². The van der Waals surface area contributed by atoms with E-state index in [0.717, 1.165) is 30.1 Å². The van der Waals surface area contributed by atoms with E-state index in [-0.39, 0.29) is 5.75 Å². The molecule has 0 heterocycles. The fraction of sp³-hybridized carbons (Fsp3) is 0.294. The van der Waals surface area contributed by atoms with E-state index in [1.165, 1.54) is 32.6 Å². The van der Waals surface area contributed by atoms with Crippen LogP contribution < -0.4 is 26.0 Å². The lowest BCUT2D eigenvalue weighted by Crippen LogP contribution is -2.39. The van der Waals surface area contributed by atoms with Gasteiger partial charge >= 0.3 is 0 Å². The molecule has 204 valence electrons. The first kappa shape index (κ1) is 29.1. The van der Waals surface area contributed by atoms with E-state index < -0.39 is 15.6 Å². The Morgan fingerprint density at radius 2 is 1.15 bits per heavy atom. The molecule has 0 aliphatic rings. The van der Waals surface area contributed by atoms with Crippen molar-refractivity contribution in [2.24, 2.45) is 0 Å². The van der Waals surface area contributed by atoms with Crippen molar-refractivity contribution in [1.29, 1.82) is 0 Å². The van der Waals surface area contributed by atoms with Crippen molar-refractivity contribution in [1.82, 2.24) is 0 Å². The van der Waals surface area contributed by atoms with E-state index in [2.05, 4.69) is 114 Å². The molecule has 0 radical (unpaired) electrons. The van der Waals surface area contributed by atoms with Crippen molar-refractivity contribution in [2.45, 2.75) is 53.3 Å². The van der Waals surface area contributed by atoms with Crippen LogP contribution in [0, 0.1) is 20.8 Å². The highest BCUT2D eigenvalue weighted by molar-refractivity contribution is 8.01. The summed E-state index contributed by atoms with van der Waals surface area (Å²) in [4.78, 5) is 0. The third-order valence-corrected chi connectivity index (χ3v) is 14.2. The number of aryl methyl sites for hydroxylation is 3. The molecule has 5 heteroatoms. The van der Waals surface area contributed by atoms with Crippen LogP contribution in [0.1, 0.15) is 30.0 Å². The largest absolute Gasteiger partial charge is 0.508 e. The standard InChI is InChI=1S/C34H41O3PSi/c1-7-37-39(5,6)24-8-23-36-33-22-15-29(35)25-34(33)38(30-16-9-26(2)10-17-30,31-18-11-27(3)12-19-31)32-20-13-28(4)14-21-32/h9-22,25H,7-8,23-24H2,1-6H3/p+1. The number of hydrogen-bond acceptors (Lipinski definition) is 3. The highest BCUT2D eigenvalue weighted by Gasteiger charge is 2.50. The molecule has 0 aliphatic carbocycles. The Balaban J connectivity index is 1.91. The Bertz CT molecular complexity index is 1250. The van der Waals surface area contributed by atoms with Crippen LogP contribution in [0.15, 0.2) is 91.0 Å². The molecule has 3 nitrogen and oxygen atoms in total. The Labute approximate surface area is 236 Å². The van der Waals surface area contributed by atoms with Gasteiger partial charge < -0.3 is 14.3 Å². The van der Waals surface area contributed by atoms with Gasteiger partial charge in [-0.15, -0.1) is 0 Å². The molecule has 0 fully saturated rings. The first-order chi connectivity index (χ1) is 18.7. The predicted molar refractivity (Wildman–Crippen MR) is 171 cm³/mol. The van der Waals surface area contributed by atoms with E-state index in [4.69, 9.17) is 9.16 Å². The number of hydrogen-bond donors (Lipinski definition) is 1. The lowest BCUT2D eigenvalue weighted by molar-refractivity contribution is 0.302. The number of rotatable bonds is 11. The molecule has 4 aromatic carbocycles. The van der Waals surface area contributed by atoms with Gasteiger partial charge in [0, 0.05) is 12.7 Å². The maximum atomic E-state index is 10.9. The second-order valence-corrected chi connectivity index (χ2v) is 18.7. The van der Waals surface area contributed by atoms with Crippen molar-refractivity contribution in [3.63, 3.8) is 0 Å². The van der Waals surface area contributed by atoms with Crippen molar-refractivity contribution < 1.29 is 14.3 Å². The van der Waals surface area contributed by atoms with Gasteiger partial charge in [0.2, 0.25) is 0 Å². The van der Waals surface area contributed by atoms with Crippen molar-refractivity contribution in [3.05, 3.63) is 108 Å². The summed E-state index contributed by atoms with van der Waals surface area (Å²) in [5.74, 6) is 1.08. The van der Waals surface area contributed by atoms with Crippen LogP contribution in [0.2, 0.25) is 19.1 Å². The zero-order valence-electron chi connectivity index (χ0n) is 24.2. The Kier molecular flexibility index (Phi) is 9.33. The Morgan fingerprint density at radius 3 is 1.59 bits per heavy atom. The maximum absolute atomic E-state index is 10.9. The third kappa shape index (κ3) is 6.63. The second-order valence-electron chi connectivity index (χ2n) is 11.0. The fourth-order valence-electron chi connectivity index (χ4n) is 5.20. The highest BCUT2D eigenvalue weighted by Crippen LogP contribution is 2.56. The molecule has 4 rings (SSSR count). The smallest absolute Gasteiger partial charge is 0.186 e. The minimum absolute atomic E-state index is 0.248. The number of aromatic hydroxyl groups is 1. The molecule has 0 aliphatic heterocycles. The van der Waals surface area contributed by atoms with Gasteiger partial charge in [-0.1, -0.05) is 53.1 Å². The molecule has 1 N–H and O–H groups in total. The van der Waals surface area contributed by atoms with Crippen LogP contribution in [-0.2, 0) is 4.43 Å². The molecule has 0 amide bonds. The minimum atomic E-state index is -2.42. The Morgan fingerprint density at radius 1 is 0.692 bits per heavy atom. The summed E-state index contributed by atoms with van der Waals surface area (Å²) < 4.78 is 12.6. The molecule has 4 aromatic rings. The van der Waals surface area contributed by atoms with Crippen LogP contribution in [0.5, 0.6) is 11.5 Å². The summed E-state index contributed by atoms with van der Waals surface area (Å²) in [6.07, 6.45) is 0.935. The molecule has 0 atom stereocenters. The molecule has 39 heavy (non-hydrogen) atoms. The van der Waals surface area contributed by atoms with Crippen LogP contribution in [0.25, 0.3) is 0 Å². The molecule has 0 saturated carbocycles.